The number of rotatable bonds is 38. The number of carbonyl (C=O) groups excluding carboxylic acids is 2. The quantitative estimate of drug-likeness (QED) is 0.0258. The maximum absolute atomic E-state index is 14.6. The lowest BCUT2D eigenvalue weighted by molar-refractivity contribution is -0.134. The summed E-state index contributed by atoms with van der Waals surface area (Å²) in [6.45, 7) is 28.2. The van der Waals surface area contributed by atoms with E-state index in [0.29, 0.717) is 38.8 Å². The van der Waals surface area contributed by atoms with Crippen LogP contribution in [0.4, 0.5) is 4.79 Å². The third-order valence-corrected chi connectivity index (χ3v) is 20.2. The van der Waals surface area contributed by atoms with Gasteiger partial charge < -0.3 is 47.7 Å². The predicted octanol–water partition coefficient (Wildman–Crippen LogP) is 17.7. The molecular formula is C74H113N4O10P. The average Bonchev–Trinajstić information content (AvgIpc) is 1.00. The van der Waals surface area contributed by atoms with Gasteiger partial charge in [-0.25, -0.2) is 9.46 Å². The molecule has 2 amide bonds. The van der Waals surface area contributed by atoms with Crippen LogP contribution in [0.1, 0.15) is 211 Å². The highest BCUT2D eigenvalue weighted by atomic mass is 31.2. The number of hydrogen-bond acceptors (Lipinski definition) is 12. The fourth-order valence-electron chi connectivity index (χ4n) is 12.8. The van der Waals surface area contributed by atoms with E-state index in [2.05, 4.69) is 111 Å². The summed E-state index contributed by atoms with van der Waals surface area (Å²) in [6.07, 6.45) is 15.7. The first-order chi connectivity index (χ1) is 42.2. The Morgan fingerprint density at radius 2 is 1.35 bits per heavy atom. The second kappa shape index (κ2) is 37.2. The number of amides is 2. The van der Waals surface area contributed by atoms with Crippen LogP contribution in [-0.4, -0.2) is 105 Å². The average molecular weight is 1250 g/mol. The maximum atomic E-state index is 14.6. The minimum atomic E-state index is -1.56. The Morgan fingerprint density at radius 1 is 0.753 bits per heavy atom. The van der Waals surface area contributed by atoms with Crippen molar-refractivity contribution < 1.29 is 47.1 Å². The number of methoxy groups -OCH3 is 2. The fourth-order valence-corrected chi connectivity index (χ4v) is 14.6. The minimum absolute atomic E-state index is 0. The zero-order valence-corrected chi connectivity index (χ0v) is 57.1. The van der Waals surface area contributed by atoms with E-state index in [1.54, 1.807) is 14.2 Å². The molecule has 0 spiro atoms. The molecule has 1 saturated heterocycles. The summed E-state index contributed by atoms with van der Waals surface area (Å²) >= 11 is 0. The SMILES string of the molecule is C.COc1ccc(C(OC[C@@H]2C[C@@H](OP(OCCC#N)N(C(C)C)C(C)C)CN2C(=O)CCCCCNC(=O)OCCOc2c(C)c(C)c3c(c2C)CC[C@@](C)(CCC[C@H](C)CCC[C@H](C)CCCC(C)C)O3)(c2ccccc2)c2ccc(OC)cc2)cc1. The zero-order chi connectivity index (χ0) is 63.8. The maximum Gasteiger partial charge on any atom is 0.407 e. The minimum Gasteiger partial charge on any atom is -0.497 e. The highest BCUT2D eigenvalue weighted by Crippen LogP contribution is 2.50. The largest absolute Gasteiger partial charge is 0.497 e. The van der Waals surface area contributed by atoms with Crippen LogP contribution in [0.2, 0.25) is 0 Å². The van der Waals surface area contributed by atoms with Crippen LogP contribution >= 0.6 is 8.53 Å². The number of nitriles is 1. The molecule has 6 atom stereocenters. The number of likely N-dealkylation sites (tertiary alicyclic amines) is 1. The highest BCUT2D eigenvalue weighted by molar-refractivity contribution is 7.44. The number of ether oxygens (including phenoxy) is 6. The third kappa shape index (κ3) is 21.6. The smallest absolute Gasteiger partial charge is 0.407 e. The number of benzene rings is 4. The van der Waals surface area contributed by atoms with Crippen LogP contribution in [0.5, 0.6) is 23.0 Å². The molecule has 0 radical (unpaired) electrons. The molecule has 4 aromatic carbocycles. The Hall–Kier alpha value is -5.42. The molecule has 2 heterocycles. The van der Waals surface area contributed by atoms with Crippen LogP contribution in [0.25, 0.3) is 0 Å². The normalized spacial score (nSPS) is 17.6. The molecule has 15 heteroatoms. The van der Waals surface area contributed by atoms with Gasteiger partial charge in [0.2, 0.25) is 5.91 Å². The number of carbonyl (C=O) groups is 2. The van der Waals surface area contributed by atoms with E-state index in [-0.39, 0.29) is 76.0 Å². The Morgan fingerprint density at radius 3 is 1.93 bits per heavy atom. The van der Waals surface area contributed by atoms with Crippen LogP contribution in [0.3, 0.4) is 0 Å². The molecule has 1 unspecified atom stereocenters. The molecule has 494 valence electrons. The third-order valence-electron chi connectivity index (χ3n) is 18.0. The van der Waals surface area contributed by atoms with Gasteiger partial charge in [0.25, 0.3) is 8.53 Å². The molecule has 4 aromatic rings. The van der Waals surface area contributed by atoms with Gasteiger partial charge in [-0.15, -0.1) is 0 Å². The van der Waals surface area contributed by atoms with Crippen LogP contribution in [0.15, 0.2) is 78.9 Å². The number of alkyl carbamates (subject to hydrolysis) is 1. The van der Waals surface area contributed by atoms with Crippen molar-refractivity contribution in [2.24, 2.45) is 17.8 Å². The molecule has 2 aliphatic rings. The molecule has 1 N–H and O–H groups in total. The van der Waals surface area contributed by atoms with Gasteiger partial charge in [-0.3, -0.25) is 4.79 Å². The topological polar surface area (TPSA) is 150 Å². The van der Waals surface area contributed by atoms with Gasteiger partial charge >= 0.3 is 6.09 Å². The Labute approximate surface area is 538 Å². The van der Waals surface area contributed by atoms with Crippen molar-refractivity contribution in [1.29, 1.82) is 5.26 Å². The Bertz CT molecular complexity index is 2720. The number of nitrogens with zero attached hydrogens (tertiary/aromatic N) is 3. The molecule has 1 fully saturated rings. The fraction of sp³-hybridized carbons (Fsp3) is 0.635. The van der Waals surface area contributed by atoms with E-state index in [0.717, 1.165) is 99.8 Å². The lowest BCUT2D eigenvalue weighted by Crippen LogP contribution is -2.42. The van der Waals surface area contributed by atoms with E-state index in [1.165, 1.54) is 56.9 Å². The second-order valence-corrected chi connectivity index (χ2v) is 27.6. The van der Waals surface area contributed by atoms with Gasteiger partial charge in [-0.2, -0.15) is 5.26 Å². The molecule has 0 aromatic heterocycles. The highest BCUT2D eigenvalue weighted by Gasteiger charge is 2.44. The van der Waals surface area contributed by atoms with Crippen LogP contribution in [-0.2, 0) is 35.3 Å². The first kappa shape index (κ1) is 74.3. The van der Waals surface area contributed by atoms with Gasteiger partial charge in [0.05, 0.1) is 52.1 Å². The molecule has 0 aliphatic carbocycles. The molecule has 6 rings (SSSR count). The molecular weight excluding hydrogens is 1140 g/mol. The van der Waals surface area contributed by atoms with E-state index >= 15 is 0 Å². The van der Waals surface area contributed by atoms with E-state index in [9.17, 15) is 14.9 Å². The number of fused-ring (bicyclic) bond motifs is 1. The molecule has 89 heavy (non-hydrogen) atoms. The lowest BCUT2D eigenvalue weighted by Gasteiger charge is -2.38. The Kier molecular flexibility index (Phi) is 31.0. The molecule has 0 saturated carbocycles. The molecule has 2 aliphatic heterocycles. The van der Waals surface area contributed by atoms with Crippen molar-refractivity contribution in [2.45, 2.75) is 235 Å². The van der Waals surface area contributed by atoms with Crippen LogP contribution < -0.4 is 24.3 Å². The summed E-state index contributed by atoms with van der Waals surface area (Å²) in [7, 11) is 1.74. The summed E-state index contributed by atoms with van der Waals surface area (Å²) in [6, 6.07) is 28.1. The van der Waals surface area contributed by atoms with E-state index in [1.807, 2.05) is 71.6 Å². The first-order valence-corrected chi connectivity index (χ1v) is 34.2. The lowest BCUT2D eigenvalue weighted by atomic mass is 9.80. The molecule has 0 bridgehead atoms. The van der Waals surface area contributed by atoms with Gasteiger partial charge in [0.15, 0.2) is 0 Å². The van der Waals surface area contributed by atoms with Gasteiger partial charge in [0, 0.05) is 37.2 Å². The van der Waals surface area contributed by atoms with Crippen molar-refractivity contribution in [3.8, 4) is 29.1 Å². The van der Waals surface area contributed by atoms with E-state index < -0.39 is 20.2 Å². The van der Waals surface area contributed by atoms with Gasteiger partial charge in [-0.05, 0) is 176 Å². The number of unbranched alkanes of at least 4 members (excludes halogenated alkanes) is 2. The summed E-state index contributed by atoms with van der Waals surface area (Å²) < 4.78 is 52.9. The number of nitrogens with one attached hydrogen (secondary N) is 1. The van der Waals surface area contributed by atoms with Gasteiger partial charge in [-0.1, -0.05) is 141 Å². The summed E-state index contributed by atoms with van der Waals surface area (Å²) in [4.78, 5) is 29.4. The standard InChI is InChI=1S/C73H109N4O10P.CH4/c1-52(2)25-21-26-55(7)27-22-28-56(8)29-23-42-72(12)43-41-67-59(11)69(57(9)58(10)70(67)86-72)82-47-48-83-71(79)75-45-20-16-19-32-68(78)76-50-66(87-88(85-46-24-44-74)77(53(3)4)54(5)6)49-63(76)51-84-73(60-30-17-15-18-31-60,61-33-37-64(80-13)38-34-61)62-35-39-65(81-14)40-36-62;/h15,17-18,30-31,33-40,52-56,63,66H,16,19-29,32,41-43,45-51H2,1-14H3,(H,75,79);1H4/t55-,56-,63+,66-,72-,88?;/m1./s1. The van der Waals surface area contributed by atoms with Crippen molar-refractivity contribution in [3.63, 3.8) is 0 Å². The second-order valence-electron chi connectivity index (χ2n) is 26.2. The summed E-state index contributed by atoms with van der Waals surface area (Å²) in [5, 5.41) is 12.3. The van der Waals surface area contributed by atoms with Crippen molar-refractivity contribution in [3.05, 3.63) is 118 Å². The summed E-state index contributed by atoms with van der Waals surface area (Å²) in [5.41, 5.74) is 5.94. The van der Waals surface area contributed by atoms with Crippen molar-refractivity contribution in [2.75, 3.05) is 53.7 Å². The van der Waals surface area contributed by atoms with Gasteiger partial charge in [0.1, 0.15) is 47.4 Å². The predicted molar refractivity (Wildman–Crippen MR) is 361 cm³/mol. The Balaban J connectivity index is 0.0000144. The first-order valence-electron chi connectivity index (χ1n) is 33.1. The van der Waals surface area contributed by atoms with Crippen molar-refractivity contribution in [1.82, 2.24) is 14.9 Å². The van der Waals surface area contributed by atoms with Crippen LogP contribution in [0, 0.1) is 49.9 Å². The monoisotopic (exact) mass is 1250 g/mol. The number of hydrogen-bond donors (Lipinski definition) is 1. The summed E-state index contributed by atoms with van der Waals surface area (Å²) in [5.74, 6) is 5.68. The van der Waals surface area contributed by atoms with E-state index in [4.69, 9.17) is 37.5 Å². The van der Waals surface area contributed by atoms with Crippen molar-refractivity contribution >= 4 is 20.5 Å². The molecule has 14 nitrogen and oxygen atoms in total. The zero-order valence-electron chi connectivity index (χ0n) is 56.2.